The van der Waals surface area contributed by atoms with Gasteiger partial charge in [0.2, 0.25) is 0 Å². The molecule has 0 aliphatic carbocycles. The Morgan fingerprint density at radius 1 is 1.06 bits per heavy atom. The third-order valence-electron chi connectivity index (χ3n) is 5.94. The maximum absolute atomic E-state index is 13.1. The molecular formula is C26H24Cl2N6O. The first-order chi connectivity index (χ1) is 16.8. The van der Waals surface area contributed by atoms with E-state index in [1.165, 1.54) is 22.6 Å². The van der Waals surface area contributed by atoms with Crippen molar-refractivity contribution in [2.24, 2.45) is 0 Å². The zero-order valence-corrected chi connectivity index (χ0v) is 20.7. The average molecular weight is 507 g/mol. The summed E-state index contributed by atoms with van der Waals surface area (Å²) in [6.45, 7) is 4.38. The molecule has 0 aliphatic rings. The standard InChI is InChI=1S/C26H24Cl2N6O/c1-15-8-22-23(9-16(15)2)33-25(32-22)19(17-6-4-3-5-7-17)12-31-26(35)24-20(27)10-18(11-21(24)28)34(13-29)14-30/h3-11,13-14,19,29-30H,12H2,1-2H3,(H,31,35)(H,32,33). The number of benzene rings is 3. The van der Waals surface area contributed by atoms with Gasteiger partial charge in [-0.3, -0.25) is 20.5 Å². The molecule has 1 heterocycles. The van der Waals surface area contributed by atoms with E-state index in [1.54, 1.807) is 0 Å². The van der Waals surface area contributed by atoms with E-state index >= 15 is 0 Å². The summed E-state index contributed by atoms with van der Waals surface area (Å²) < 4.78 is 0. The van der Waals surface area contributed by atoms with Crippen LogP contribution in [0.25, 0.3) is 11.0 Å². The molecule has 1 amide bonds. The van der Waals surface area contributed by atoms with Crippen molar-refractivity contribution in [3.63, 3.8) is 0 Å². The number of imidazole rings is 1. The molecule has 0 bridgehead atoms. The molecule has 1 atom stereocenters. The van der Waals surface area contributed by atoms with Crippen LogP contribution in [-0.4, -0.2) is 35.1 Å². The topological polar surface area (TPSA) is 109 Å². The van der Waals surface area contributed by atoms with Gasteiger partial charge in [0.25, 0.3) is 5.91 Å². The predicted octanol–water partition coefficient (Wildman–Crippen LogP) is 6.07. The number of H-pyrrole nitrogens is 1. The van der Waals surface area contributed by atoms with Gasteiger partial charge >= 0.3 is 0 Å². The number of aromatic amines is 1. The Labute approximate surface area is 213 Å². The second-order valence-electron chi connectivity index (χ2n) is 8.20. The van der Waals surface area contributed by atoms with E-state index in [9.17, 15) is 4.79 Å². The fourth-order valence-corrected chi connectivity index (χ4v) is 4.55. The van der Waals surface area contributed by atoms with Crippen molar-refractivity contribution in [1.82, 2.24) is 15.3 Å². The molecule has 4 rings (SSSR count). The Balaban J connectivity index is 1.64. The molecule has 4 N–H and O–H groups in total. The van der Waals surface area contributed by atoms with Gasteiger partial charge in [0.05, 0.1) is 50.9 Å². The van der Waals surface area contributed by atoms with E-state index < -0.39 is 5.91 Å². The number of hydrogen-bond donors (Lipinski definition) is 4. The lowest BCUT2D eigenvalue weighted by Gasteiger charge is -2.18. The quantitative estimate of drug-likeness (QED) is 0.172. The van der Waals surface area contributed by atoms with Crippen LogP contribution >= 0.6 is 23.2 Å². The second kappa shape index (κ2) is 10.3. The molecule has 0 fully saturated rings. The highest BCUT2D eigenvalue weighted by atomic mass is 35.5. The Morgan fingerprint density at radius 3 is 2.31 bits per heavy atom. The zero-order valence-electron chi connectivity index (χ0n) is 19.2. The number of fused-ring (bicyclic) bond motifs is 1. The van der Waals surface area contributed by atoms with Gasteiger partial charge < -0.3 is 10.3 Å². The Bertz CT molecular complexity index is 1350. The van der Waals surface area contributed by atoms with E-state index in [4.69, 9.17) is 39.0 Å². The summed E-state index contributed by atoms with van der Waals surface area (Å²) in [6.07, 6.45) is 1.91. The third kappa shape index (κ3) is 5.06. The smallest absolute Gasteiger partial charge is 0.254 e. The number of aryl methyl sites for hydroxylation is 2. The van der Waals surface area contributed by atoms with Crippen LogP contribution in [0.5, 0.6) is 0 Å². The number of aromatic nitrogens is 2. The molecule has 7 nitrogen and oxygen atoms in total. The number of amides is 1. The average Bonchev–Trinajstić information content (AvgIpc) is 3.22. The molecule has 9 heteroatoms. The normalized spacial score (nSPS) is 11.8. The van der Waals surface area contributed by atoms with E-state index in [1.807, 2.05) is 30.3 Å². The molecule has 178 valence electrons. The van der Waals surface area contributed by atoms with Crippen LogP contribution in [0.1, 0.15) is 38.8 Å². The molecule has 0 saturated carbocycles. The third-order valence-corrected chi connectivity index (χ3v) is 6.54. The summed E-state index contributed by atoms with van der Waals surface area (Å²) in [4.78, 5) is 22.6. The van der Waals surface area contributed by atoms with Crippen molar-refractivity contribution in [2.75, 3.05) is 11.4 Å². The van der Waals surface area contributed by atoms with Gasteiger partial charge in [0.15, 0.2) is 0 Å². The minimum Gasteiger partial charge on any atom is -0.351 e. The van der Waals surface area contributed by atoms with Gasteiger partial charge in [-0.15, -0.1) is 0 Å². The summed E-state index contributed by atoms with van der Waals surface area (Å²) >= 11 is 12.8. The maximum atomic E-state index is 13.1. The van der Waals surface area contributed by atoms with E-state index in [0.29, 0.717) is 5.69 Å². The minimum absolute atomic E-state index is 0.129. The zero-order chi connectivity index (χ0) is 25.1. The number of nitrogens with zero attached hydrogens (tertiary/aromatic N) is 2. The van der Waals surface area contributed by atoms with Crippen molar-refractivity contribution in [3.8, 4) is 0 Å². The first-order valence-corrected chi connectivity index (χ1v) is 11.7. The van der Waals surface area contributed by atoms with Crippen molar-refractivity contribution in [2.45, 2.75) is 19.8 Å². The number of carbonyl (C=O) groups is 1. The largest absolute Gasteiger partial charge is 0.351 e. The van der Waals surface area contributed by atoms with Crippen LogP contribution in [0.2, 0.25) is 10.0 Å². The second-order valence-corrected chi connectivity index (χ2v) is 9.01. The highest BCUT2D eigenvalue weighted by Gasteiger charge is 2.22. The van der Waals surface area contributed by atoms with Gasteiger partial charge in [0.1, 0.15) is 5.82 Å². The molecule has 3 aromatic carbocycles. The predicted molar refractivity (Wildman–Crippen MR) is 143 cm³/mol. The van der Waals surface area contributed by atoms with Crippen molar-refractivity contribution in [1.29, 1.82) is 10.8 Å². The fraction of sp³-hybridized carbons (Fsp3) is 0.154. The molecule has 35 heavy (non-hydrogen) atoms. The number of anilines is 1. The SMILES string of the molecule is Cc1cc2nc(C(CNC(=O)c3c(Cl)cc(N(C=N)C=N)cc3Cl)c3ccccc3)[nH]c2cc1C. The van der Waals surface area contributed by atoms with Crippen LogP contribution in [0.15, 0.2) is 54.6 Å². The molecule has 1 unspecified atom stereocenters. The Hall–Kier alpha value is -3.68. The lowest BCUT2D eigenvalue weighted by Crippen LogP contribution is -2.30. The summed E-state index contributed by atoms with van der Waals surface area (Å²) in [7, 11) is 0. The van der Waals surface area contributed by atoms with Gasteiger partial charge in [-0.2, -0.15) is 0 Å². The maximum Gasteiger partial charge on any atom is 0.254 e. The van der Waals surface area contributed by atoms with Crippen LogP contribution in [-0.2, 0) is 0 Å². The number of rotatable bonds is 8. The molecule has 4 aromatic rings. The molecular weight excluding hydrogens is 483 g/mol. The van der Waals surface area contributed by atoms with Gasteiger partial charge in [-0.1, -0.05) is 53.5 Å². The van der Waals surface area contributed by atoms with Crippen LogP contribution in [0.4, 0.5) is 5.69 Å². The van der Waals surface area contributed by atoms with Crippen LogP contribution < -0.4 is 10.2 Å². The first kappa shape index (κ1) is 24.4. The van der Waals surface area contributed by atoms with Crippen LogP contribution in [0.3, 0.4) is 0 Å². The summed E-state index contributed by atoms with van der Waals surface area (Å²) in [5.74, 6) is 0.0968. The van der Waals surface area contributed by atoms with E-state index in [-0.39, 0.29) is 28.1 Å². The van der Waals surface area contributed by atoms with Gasteiger partial charge in [0, 0.05) is 6.54 Å². The van der Waals surface area contributed by atoms with Crippen molar-refractivity contribution in [3.05, 3.63) is 92.7 Å². The number of nitrogens with one attached hydrogen (secondary N) is 4. The van der Waals surface area contributed by atoms with E-state index in [0.717, 1.165) is 40.7 Å². The molecule has 0 saturated heterocycles. The monoisotopic (exact) mass is 506 g/mol. The lowest BCUT2D eigenvalue weighted by atomic mass is 9.98. The van der Waals surface area contributed by atoms with Crippen molar-refractivity contribution >= 4 is 58.5 Å². The first-order valence-electron chi connectivity index (χ1n) is 10.9. The molecule has 0 radical (unpaired) electrons. The molecule has 0 spiro atoms. The number of halogens is 2. The van der Waals surface area contributed by atoms with Gasteiger partial charge in [-0.25, -0.2) is 4.98 Å². The summed E-state index contributed by atoms with van der Waals surface area (Å²) in [5, 5.41) is 18.0. The van der Waals surface area contributed by atoms with Gasteiger partial charge in [-0.05, 0) is 54.8 Å². The Morgan fingerprint density at radius 2 is 1.69 bits per heavy atom. The highest BCUT2D eigenvalue weighted by Crippen LogP contribution is 2.31. The number of carbonyl (C=O) groups excluding carboxylic acids is 1. The van der Waals surface area contributed by atoms with Crippen molar-refractivity contribution < 1.29 is 4.79 Å². The molecule has 0 aliphatic heterocycles. The van der Waals surface area contributed by atoms with E-state index in [2.05, 4.69) is 36.3 Å². The lowest BCUT2D eigenvalue weighted by molar-refractivity contribution is 0.0952. The summed E-state index contributed by atoms with van der Waals surface area (Å²) in [6, 6.07) is 17.0. The number of hydrogen-bond acceptors (Lipinski definition) is 4. The Kier molecular flexibility index (Phi) is 7.19. The molecule has 1 aromatic heterocycles. The highest BCUT2D eigenvalue weighted by molar-refractivity contribution is 6.40. The fourth-order valence-electron chi connectivity index (χ4n) is 3.91. The minimum atomic E-state index is -0.425. The van der Waals surface area contributed by atoms with Crippen LogP contribution in [0, 0.1) is 24.7 Å². The summed E-state index contributed by atoms with van der Waals surface area (Å²) in [5.41, 5.74) is 5.71.